The molecule has 1 rings (SSSR count). The van der Waals surface area contributed by atoms with Crippen molar-refractivity contribution in [1.29, 1.82) is 0 Å². The molecule has 1 aliphatic heterocycles. The molecule has 3 N–H and O–H groups in total. The van der Waals surface area contributed by atoms with Crippen molar-refractivity contribution in [3.8, 4) is 12.0 Å². The number of rotatable bonds is 0. The van der Waals surface area contributed by atoms with Crippen molar-refractivity contribution < 1.29 is 9.59 Å². The fourth-order valence-corrected chi connectivity index (χ4v) is 1.26. The van der Waals surface area contributed by atoms with Crippen molar-refractivity contribution in [2.24, 2.45) is 0 Å². The third-order valence-corrected chi connectivity index (χ3v) is 2.03. The maximum Gasteiger partial charge on any atom is 0.214 e. The summed E-state index contributed by atoms with van der Waals surface area (Å²) in [5.74, 6) is 1.97. The Morgan fingerprint density at radius 3 is 2.87 bits per heavy atom. The summed E-state index contributed by atoms with van der Waals surface area (Å²) in [5.41, 5.74) is 8.05. The van der Waals surface area contributed by atoms with Crippen molar-refractivity contribution in [1.82, 2.24) is 16.4 Å². The van der Waals surface area contributed by atoms with E-state index in [1.165, 1.54) is 0 Å². The summed E-state index contributed by atoms with van der Waals surface area (Å²) in [4.78, 5) is 22.4. The Bertz CT molecular complexity index is 291. The Balaban J connectivity index is 2.42. The van der Waals surface area contributed by atoms with E-state index in [1.807, 2.05) is 0 Å². The van der Waals surface area contributed by atoms with Gasteiger partial charge in [0.1, 0.15) is 5.78 Å². The van der Waals surface area contributed by atoms with Crippen molar-refractivity contribution in [3.63, 3.8) is 0 Å². The Kier molecular flexibility index (Phi) is 5.44. The second-order valence-corrected chi connectivity index (χ2v) is 3.38. The molecule has 0 saturated heterocycles. The largest absolute Gasteiger partial charge is 0.299 e. The van der Waals surface area contributed by atoms with Gasteiger partial charge in [0.2, 0.25) is 5.78 Å². The van der Waals surface area contributed by atoms with Gasteiger partial charge in [-0.2, -0.15) is 5.53 Å². The predicted octanol–water partition coefficient (Wildman–Crippen LogP) is -0.352. The van der Waals surface area contributed by atoms with Crippen molar-refractivity contribution in [3.05, 3.63) is 0 Å². The molecule has 0 aliphatic carbocycles. The summed E-state index contributed by atoms with van der Waals surface area (Å²) in [5, 5.41) is 0. The molecule has 15 heavy (non-hydrogen) atoms. The topological polar surface area (TPSA) is 70.2 Å². The second-order valence-electron chi connectivity index (χ2n) is 3.38. The van der Waals surface area contributed by atoms with E-state index in [0.717, 1.165) is 25.8 Å². The van der Waals surface area contributed by atoms with Gasteiger partial charge in [0, 0.05) is 19.0 Å². The highest BCUT2D eigenvalue weighted by atomic mass is 16.1. The molecule has 5 heteroatoms. The molecule has 0 spiro atoms. The lowest BCUT2D eigenvalue weighted by atomic mass is 10.1. The average Bonchev–Trinajstić information content (AvgIpc) is 2.21. The molecule has 0 aromatic rings. The first-order valence-corrected chi connectivity index (χ1v) is 5.07. The Morgan fingerprint density at radius 1 is 1.13 bits per heavy atom. The number of Topliss-reactive ketones (excluding diaryl/α,β-unsaturated/α-hetero) is 2. The summed E-state index contributed by atoms with van der Waals surface area (Å²) >= 11 is 0. The number of hydrazine groups is 2. The van der Waals surface area contributed by atoms with E-state index in [0.29, 0.717) is 6.42 Å². The van der Waals surface area contributed by atoms with Gasteiger partial charge in [-0.25, -0.2) is 5.43 Å². The van der Waals surface area contributed by atoms with Gasteiger partial charge in [-0.15, -0.1) is 0 Å². The van der Waals surface area contributed by atoms with E-state index in [9.17, 15) is 9.59 Å². The lowest BCUT2D eigenvalue weighted by Gasteiger charge is -2.03. The first-order chi connectivity index (χ1) is 7.29. The molecule has 0 aromatic carbocycles. The van der Waals surface area contributed by atoms with Crippen molar-refractivity contribution >= 4 is 11.6 Å². The SMILES string of the molecule is O=C1C#CNNNCCCCCC(=O)C1. The quantitative estimate of drug-likeness (QED) is 0.376. The highest BCUT2D eigenvalue weighted by Gasteiger charge is 2.07. The maximum atomic E-state index is 11.3. The zero-order valence-electron chi connectivity index (χ0n) is 8.56. The third-order valence-electron chi connectivity index (χ3n) is 2.03. The standard InChI is InChI=1S/C10H15N3O2/c14-9-4-2-1-3-6-11-13-12-7-5-10(15)8-9/h11-13H,1-4,6,8H2. The van der Waals surface area contributed by atoms with E-state index < -0.39 is 0 Å². The van der Waals surface area contributed by atoms with Crippen LogP contribution < -0.4 is 16.4 Å². The van der Waals surface area contributed by atoms with Crippen molar-refractivity contribution in [2.75, 3.05) is 6.54 Å². The smallest absolute Gasteiger partial charge is 0.214 e. The van der Waals surface area contributed by atoms with Gasteiger partial charge >= 0.3 is 0 Å². The molecule has 0 atom stereocenters. The fraction of sp³-hybridized carbons (Fsp3) is 0.600. The number of carbonyl (C=O) groups excluding carboxylic acids is 2. The third kappa shape index (κ3) is 5.83. The maximum absolute atomic E-state index is 11.3. The van der Waals surface area contributed by atoms with Crippen LogP contribution in [0.25, 0.3) is 0 Å². The van der Waals surface area contributed by atoms with Crippen LogP contribution in [0.15, 0.2) is 0 Å². The lowest BCUT2D eigenvalue weighted by molar-refractivity contribution is -0.124. The normalized spacial score (nSPS) is 20.0. The Labute approximate surface area is 88.9 Å². The van der Waals surface area contributed by atoms with Crippen LogP contribution in [0.4, 0.5) is 0 Å². The fourth-order valence-electron chi connectivity index (χ4n) is 1.26. The van der Waals surface area contributed by atoms with Crippen LogP contribution in [0.3, 0.4) is 0 Å². The Hall–Kier alpha value is -1.38. The zero-order valence-corrected chi connectivity index (χ0v) is 8.56. The van der Waals surface area contributed by atoms with Gasteiger partial charge in [0.25, 0.3) is 0 Å². The summed E-state index contributed by atoms with van der Waals surface area (Å²) in [6, 6.07) is 2.42. The predicted molar refractivity (Wildman–Crippen MR) is 55.1 cm³/mol. The molecule has 0 amide bonds. The first kappa shape index (κ1) is 11.7. The molecule has 82 valence electrons. The second kappa shape index (κ2) is 6.98. The number of hydrogen-bond donors (Lipinski definition) is 3. The van der Waals surface area contributed by atoms with Crippen LogP contribution in [0.5, 0.6) is 0 Å². The molecular formula is C10H15N3O2. The molecule has 0 unspecified atom stereocenters. The number of nitrogens with one attached hydrogen (secondary N) is 3. The Morgan fingerprint density at radius 2 is 2.00 bits per heavy atom. The zero-order chi connectivity index (χ0) is 10.9. The monoisotopic (exact) mass is 209 g/mol. The molecule has 0 bridgehead atoms. The van der Waals surface area contributed by atoms with Crippen LogP contribution in [0.1, 0.15) is 32.1 Å². The minimum atomic E-state index is -0.339. The number of hydrogen-bond acceptors (Lipinski definition) is 5. The molecule has 0 fully saturated rings. The molecule has 1 aliphatic rings. The molecule has 0 radical (unpaired) electrons. The van der Waals surface area contributed by atoms with Crippen LogP contribution in [0, 0.1) is 12.0 Å². The van der Waals surface area contributed by atoms with Crippen molar-refractivity contribution in [2.45, 2.75) is 32.1 Å². The van der Waals surface area contributed by atoms with E-state index >= 15 is 0 Å². The molecular weight excluding hydrogens is 194 g/mol. The molecule has 0 aromatic heterocycles. The molecule has 5 nitrogen and oxygen atoms in total. The lowest BCUT2D eigenvalue weighted by Crippen LogP contribution is -2.41. The first-order valence-electron chi connectivity index (χ1n) is 5.07. The average molecular weight is 209 g/mol. The summed E-state index contributed by atoms with van der Waals surface area (Å²) in [6.07, 6.45) is 3.23. The summed E-state index contributed by atoms with van der Waals surface area (Å²) in [6.45, 7) is 0.802. The minimum absolute atomic E-state index is 0.0190. The van der Waals surface area contributed by atoms with E-state index in [2.05, 4.69) is 28.4 Å². The van der Waals surface area contributed by atoms with Gasteiger partial charge in [0.05, 0.1) is 6.42 Å². The van der Waals surface area contributed by atoms with Gasteiger partial charge in [-0.1, -0.05) is 6.42 Å². The number of carbonyl (C=O) groups is 2. The van der Waals surface area contributed by atoms with Gasteiger partial charge in [0.15, 0.2) is 0 Å². The molecule has 0 saturated carbocycles. The van der Waals surface area contributed by atoms with Crippen LogP contribution in [0.2, 0.25) is 0 Å². The summed E-state index contributed by atoms with van der Waals surface area (Å²) in [7, 11) is 0. The van der Waals surface area contributed by atoms with Crippen LogP contribution in [-0.2, 0) is 9.59 Å². The number of ketones is 2. The van der Waals surface area contributed by atoms with Crippen LogP contribution >= 0.6 is 0 Å². The summed E-state index contributed by atoms with van der Waals surface area (Å²) < 4.78 is 0. The minimum Gasteiger partial charge on any atom is -0.299 e. The van der Waals surface area contributed by atoms with Crippen LogP contribution in [-0.4, -0.2) is 18.1 Å². The van der Waals surface area contributed by atoms with E-state index in [1.54, 1.807) is 0 Å². The van der Waals surface area contributed by atoms with E-state index in [-0.39, 0.29) is 18.0 Å². The van der Waals surface area contributed by atoms with Gasteiger partial charge in [-0.05, 0) is 18.8 Å². The van der Waals surface area contributed by atoms with Gasteiger partial charge < -0.3 is 0 Å². The van der Waals surface area contributed by atoms with Gasteiger partial charge in [-0.3, -0.25) is 15.0 Å². The highest BCUT2D eigenvalue weighted by Crippen LogP contribution is 2.02. The van der Waals surface area contributed by atoms with E-state index in [4.69, 9.17) is 0 Å². The molecule has 1 heterocycles. The highest BCUT2D eigenvalue weighted by molar-refractivity contribution is 6.07.